The molecule has 0 aliphatic rings. The predicted molar refractivity (Wildman–Crippen MR) is 122 cm³/mol. The number of carbonyl (C=O) groups is 2. The molecule has 0 aromatic rings. The molecule has 0 fully saturated rings. The molecule has 0 aliphatic heterocycles. The SMILES string of the molecule is CCC(=O)NCCOCCOCCOCCOCCOCCOCCOCCOCCC(=O)O. The van der Waals surface area contributed by atoms with Gasteiger partial charge in [-0.15, -0.1) is 0 Å². The summed E-state index contributed by atoms with van der Waals surface area (Å²) in [6, 6.07) is 0. The van der Waals surface area contributed by atoms with Crippen molar-refractivity contribution in [2.24, 2.45) is 0 Å². The fraction of sp³-hybridized carbons (Fsp3) is 0.909. The van der Waals surface area contributed by atoms with Crippen LogP contribution in [0, 0.1) is 0 Å². The lowest BCUT2D eigenvalue weighted by Gasteiger charge is -2.08. The fourth-order valence-corrected chi connectivity index (χ4v) is 2.19. The van der Waals surface area contributed by atoms with Crippen molar-refractivity contribution < 1.29 is 52.6 Å². The summed E-state index contributed by atoms with van der Waals surface area (Å²) in [6.45, 7) is 9.54. The van der Waals surface area contributed by atoms with Crippen LogP contribution in [0.2, 0.25) is 0 Å². The topological polar surface area (TPSA) is 140 Å². The Morgan fingerprint density at radius 1 is 0.529 bits per heavy atom. The molecule has 0 atom stereocenters. The second kappa shape index (κ2) is 27.9. The smallest absolute Gasteiger partial charge is 0.305 e. The van der Waals surface area contributed by atoms with Crippen LogP contribution in [0.4, 0.5) is 0 Å². The molecule has 0 saturated carbocycles. The van der Waals surface area contributed by atoms with E-state index in [1.807, 2.05) is 6.92 Å². The molecule has 0 bridgehead atoms. The van der Waals surface area contributed by atoms with Gasteiger partial charge in [-0.1, -0.05) is 6.92 Å². The van der Waals surface area contributed by atoms with Crippen LogP contribution in [0.5, 0.6) is 0 Å². The first-order valence-corrected chi connectivity index (χ1v) is 11.8. The first kappa shape index (κ1) is 32.6. The molecule has 0 rings (SSSR count). The Morgan fingerprint density at radius 3 is 1.12 bits per heavy atom. The van der Waals surface area contributed by atoms with Crippen LogP contribution >= 0.6 is 0 Å². The van der Waals surface area contributed by atoms with Gasteiger partial charge in [-0.2, -0.15) is 0 Å². The van der Waals surface area contributed by atoms with Gasteiger partial charge in [0, 0.05) is 13.0 Å². The van der Waals surface area contributed by atoms with E-state index in [1.165, 1.54) is 0 Å². The Bertz CT molecular complexity index is 455. The molecule has 0 spiro atoms. The third kappa shape index (κ3) is 28.7. The highest BCUT2D eigenvalue weighted by molar-refractivity contribution is 5.75. The van der Waals surface area contributed by atoms with Gasteiger partial charge in [0.15, 0.2) is 0 Å². The molecule has 0 heterocycles. The minimum absolute atomic E-state index is 0.000885. The number of amides is 1. The fourth-order valence-electron chi connectivity index (χ4n) is 2.19. The number of hydrogen-bond donors (Lipinski definition) is 2. The van der Waals surface area contributed by atoms with Crippen LogP contribution in [0.3, 0.4) is 0 Å². The third-order valence-electron chi connectivity index (χ3n) is 3.95. The van der Waals surface area contributed by atoms with Crippen LogP contribution in [0.25, 0.3) is 0 Å². The maximum atomic E-state index is 11.0. The Hall–Kier alpha value is -1.38. The lowest BCUT2D eigenvalue weighted by Crippen LogP contribution is -2.26. The lowest BCUT2D eigenvalue weighted by molar-refractivity contribution is -0.138. The second-order valence-corrected chi connectivity index (χ2v) is 6.75. The van der Waals surface area contributed by atoms with Crippen molar-refractivity contribution in [3.05, 3.63) is 0 Å². The van der Waals surface area contributed by atoms with E-state index < -0.39 is 5.97 Å². The summed E-state index contributed by atoms with van der Waals surface area (Å²) >= 11 is 0. The number of carbonyl (C=O) groups excluding carboxylic acids is 1. The van der Waals surface area contributed by atoms with Gasteiger partial charge in [0.1, 0.15) is 0 Å². The van der Waals surface area contributed by atoms with Crippen molar-refractivity contribution in [3.63, 3.8) is 0 Å². The van der Waals surface area contributed by atoms with Gasteiger partial charge in [-0.3, -0.25) is 9.59 Å². The summed E-state index contributed by atoms with van der Waals surface area (Å²) in [5, 5.41) is 11.2. The minimum Gasteiger partial charge on any atom is -0.481 e. The van der Waals surface area contributed by atoms with Crippen LogP contribution in [0.1, 0.15) is 19.8 Å². The van der Waals surface area contributed by atoms with Crippen molar-refractivity contribution >= 4 is 11.9 Å². The van der Waals surface area contributed by atoms with Gasteiger partial charge in [0.05, 0.1) is 112 Å². The summed E-state index contributed by atoms with van der Waals surface area (Å²) in [6.07, 6.45) is 0.480. The average Bonchev–Trinajstić information content (AvgIpc) is 2.83. The number of carboxylic acid groups (broad SMARTS) is 1. The van der Waals surface area contributed by atoms with E-state index in [-0.39, 0.29) is 18.9 Å². The van der Waals surface area contributed by atoms with Crippen molar-refractivity contribution in [2.75, 3.05) is 112 Å². The highest BCUT2D eigenvalue weighted by atomic mass is 16.6. The van der Waals surface area contributed by atoms with Crippen LogP contribution in [-0.2, 0) is 47.5 Å². The monoisotopic (exact) mass is 497 g/mol. The maximum absolute atomic E-state index is 11.0. The van der Waals surface area contributed by atoms with E-state index in [0.29, 0.717) is 112 Å². The first-order valence-electron chi connectivity index (χ1n) is 11.8. The van der Waals surface area contributed by atoms with E-state index in [4.69, 9.17) is 43.0 Å². The molecule has 0 radical (unpaired) electrons. The first-order chi connectivity index (χ1) is 16.7. The Kier molecular flexibility index (Phi) is 26.7. The number of rotatable bonds is 28. The van der Waals surface area contributed by atoms with Crippen molar-refractivity contribution in [1.82, 2.24) is 5.32 Å². The summed E-state index contributed by atoms with van der Waals surface area (Å²) < 4.78 is 42.7. The van der Waals surface area contributed by atoms with Crippen LogP contribution in [0.15, 0.2) is 0 Å². The van der Waals surface area contributed by atoms with Gasteiger partial charge in [0.25, 0.3) is 0 Å². The highest BCUT2D eigenvalue weighted by Crippen LogP contribution is 1.87. The molecule has 12 heteroatoms. The second-order valence-electron chi connectivity index (χ2n) is 6.75. The van der Waals surface area contributed by atoms with Gasteiger partial charge >= 0.3 is 5.97 Å². The number of ether oxygens (including phenoxy) is 8. The largest absolute Gasteiger partial charge is 0.481 e. The number of carboxylic acids is 1. The number of nitrogens with one attached hydrogen (secondary N) is 1. The van der Waals surface area contributed by atoms with E-state index in [1.54, 1.807) is 0 Å². The van der Waals surface area contributed by atoms with E-state index >= 15 is 0 Å². The lowest BCUT2D eigenvalue weighted by atomic mass is 10.4. The van der Waals surface area contributed by atoms with E-state index in [2.05, 4.69) is 5.32 Å². The molecule has 2 N–H and O–H groups in total. The normalized spacial score (nSPS) is 11.1. The molecule has 202 valence electrons. The molecule has 0 unspecified atom stereocenters. The highest BCUT2D eigenvalue weighted by Gasteiger charge is 1.98. The molecule has 0 aliphatic carbocycles. The van der Waals surface area contributed by atoms with Crippen LogP contribution < -0.4 is 5.32 Å². The standard InChI is InChI=1S/C22H43NO11/c1-2-21(24)23-4-6-28-8-10-30-12-14-32-16-18-34-20-19-33-17-15-31-13-11-29-9-7-27-5-3-22(25)26/h2-20H2,1H3,(H,23,24)(H,25,26). The van der Waals surface area contributed by atoms with Gasteiger partial charge in [0.2, 0.25) is 5.91 Å². The third-order valence-corrected chi connectivity index (χ3v) is 3.95. The van der Waals surface area contributed by atoms with Crippen molar-refractivity contribution in [2.45, 2.75) is 19.8 Å². The average molecular weight is 498 g/mol. The van der Waals surface area contributed by atoms with Gasteiger partial charge < -0.3 is 48.3 Å². The summed E-state index contributed by atoms with van der Waals surface area (Å²) in [7, 11) is 0. The minimum atomic E-state index is -0.874. The summed E-state index contributed by atoms with van der Waals surface area (Å²) in [5.41, 5.74) is 0. The molecule has 0 saturated heterocycles. The van der Waals surface area contributed by atoms with E-state index in [0.717, 1.165) is 0 Å². The maximum Gasteiger partial charge on any atom is 0.305 e. The van der Waals surface area contributed by atoms with Crippen molar-refractivity contribution in [1.29, 1.82) is 0 Å². The van der Waals surface area contributed by atoms with Crippen molar-refractivity contribution in [3.8, 4) is 0 Å². The quantitative estimate of drug-likeness (QED) is 0.142. The molecule has 0 aromatic carbocycles. The zero-order chi connectivity index (χ0) is 25.0. The molecule has 12 nitrogen and oxygen atoms in total. The zero-order valence-corrected chi connectivity index (χ0v) is 20.5. The predicted octanol–water partition coefficient (Wildman–Crippen LogP) is 0.120. The van der Waals surface area contributed by atoms with Gasteiger partial charge in [-0.05, 0) is 0 Å². The Morgan fingerprint density at radius 2 is 0.824 bits per heavy atom. The summed E-state index contributed by atoms with van der Waals surface area (Å²) in [5.74, 6) is -0.852. The molecule has 34 heavy (non-hydrogen) atoms. The van der Waals surface area contributed by atoms with Gasteiger partial charge in [-0.25, -0.2) is 0 Å². The Balaban J connectivity index is 3.04. The van der Waals surface area contributed by atoms with E-state index in [9.17, 15) is 9.59 Å². The zero-order valence-electron chi connectivity index (χ0n) is 20.5. The van der Waals surface area contributed by atoms with Crippen LogP contribution in [-0.4, -0.2) is 129 Å². The molecule has 1 amide bonds. The Labute approximate surface area is 202 Å². The number of hydrogen-bond acceptors (Lipinski definition) is 10. The molecular weight excluding hydrogens is 454 g/mol. The molecular formula is C22H43NO11. The molecule has 0 aromatic heterocycles. The number of aliphatic carboxylic acids is 1. The summed E-state index contributed by atoms with van der Waals surface area (Å²) in [4.78, 5) is 21.3.